The molecule has 7 heteroatoms. The lowest BCUT2D eigenvalue weighted by Crippen LogP contribution is -2.44. The van der Waals surface area contributed by atoms with Crippen LogP contribution in [0.1, 0.15) is 27.2 Å². The number of aryl methyl sites for hydroxylation is 1. The fourth-order valence-electron chi connectivity index (χ4n) is 3.62. The van der Waals surface area contributed by atoms with Crippen LogP contribution in [0.3, 0.4) is 0 Å². The Morgan fingerprint density at radius 2 is 1.81 bits per heavy atom. The summed E-state index contributed by atoms with van der Waals surface area (Å²) in [5, 5.41) is 1.82. The van der Waals surface area contributed by atoms with Gasteiger partial charge in [-0.2, -0.15) is 0 Å². The van der Waals surface area contributed by atoms with Crippen LogP contribution in [0.2, 0.25) is 0 Å². The summed E-state index contributed by atoms with van der Waals surface area (Å²) < 4.78 is 5.15. The molecule has 3 amide bonds. The number of hydrogen-bond acceptors (Lipinski definition) is 5. The van der Waals surface area contributed by atoms with E-state index in [9.17, 15) is 14.4 Å². The Hall–Kier alpha value is -3.45. The van der Waals surface area contributed by atoms with Crippen LogP contribution in [-0.2, 0) is 16.1 Å². The fraction of sp³-hybridized carbons (Fsp3) is 0.208. The van der Waals surface area contributed by atoms with Crippen LogP contribution in [0.4, 0.5) is 5.69 Å². The van der Waals surface area contributed by atoms with E-state index in [0.717, 1.165) is 16.0 Å². The number of carbonyl (C=O) groups is 3. The van der Waals surface area contributed by atoms with Gasteiger partial charge < -0.3 is 9.64 Å². The predicted molar refractivity (Wildman–Crippen MR) is 119 cm³/mol. The molecule has 1 aliphatic rings. The van der Waals surface area contributed by atoms with E-state index in [-0.39, 0.29) is 24.8 Å². The number of imide groups is 1. The van der Waals surface area contributed by atoms with Gasteiger partial charge in [0.25, 0.3) is 11.8 Å². The van der Waals surface area contributed by atoms with E-state index in [1.54, 1.807) is 43.5 Å². The molecule has 1 saturated heterocycles. The monoisotopic (exact) mass is 434 g/mol. The van der Waals surface area contributed by atoms with Gasteiger partial charge in [0.15, 0.2) is 0 Å². The molecule has 0 radical (unpaired) electrons. The minimum absolute atomic E-state index is 0.0478. The number of carbonyl (C=O) groups excluding carboxylic acids is 3. The maximum atomic E-state index is 13.3. The van der Waals surface area contributed by atoms with Crippen molar-refractivity contribution in [2.45, 2.75) is 25.9 Å². The van der Waals surface area contributed by atoms with Gasteiger partial charge in [0.1, 0.15) is 11.8 Å². The molecule has 2 heterocycles. The maximum Gasteiger partial charge on any atom is 0.264 e. The number of methoxy groups -OCH3 is 1. The summed E-state index contributed by atoms with van der Waals surface area (Å²) in [6.07, 6.45) is -0.0478. The fourth-order valence-corrected chi connectivity index (χ4v) is 4.30. The lowest BCUT2D eigenvalue weighted by atomic mass is 10.1. The summed E-state index contributed by atoms with van der Waals surface area (Å²) in [4.78, 5) is 42.6. The van der Waals surface area contributed by atoms with Gasteiger partial charge in [0, 0.05) is 6.54 Å². The van der Waals surface area contributed by atoms with Crippen molar-refractivity contribution in [1.29, 1.82) is 0 Å². The molecule has 158 valence electrons. The highest BCUT2D eigenvalue weighted by Gasteiger charge is 2.44. The summed E-state index contributed by atoms with van der Waals surface area (Å²) >= 11 is 1.32. The van der Waals surface area contributed by atoms with Gasteiger partial charge in [-0.05, 0) is 48.2 Å². The van der Waals surface area contributed by atoms with Crippen LogP contribution in [0.25, 0.3) is 0 Å². The molecule has 1 aliphatic heterocycles. The number of ether oxygens (including phenoxy) is 1. The molecule has 0 bridgehead atoms. The predicted octanol–water partition coefficient (Wildman–Crippen LogP) is 4.04. The maximum absolute atomic E-state index is 13.3. The number of rotatable bonds is 6. The topological polar surface area (TPSA) is 66.9 Å². The molecule has 0 saturated carbocycles. The molecule has 1 fully saturated rings. The quantitative estimate of drug-likeness (QED) is 0.549. The van der Waals surface area contributed by atoms with Crippen LogP contribution in [0, 0.1) is 6.92 Å². The van der Waals surface area contributed by atoms with Crippen molar-refractivity contribution in [3.63, 3.8) is 0 Å². The Morgan fingerprint density at radius 1 is 1.10 bits per heavy atom. The van der Waals surface area contributed by atoms with Crippen LogP contribution in [0.5, 0.6) is 5.75 Å². The summed E-state index contributed by atoms with van der Waals surface area (Å²) in [7, 11) is 1.55. The van der Waals surface area contributed by atoms with Gasteiger partial charge >= 0.3 is 0 Å². The highest BCUT2D eigenvalue weighted by molar-refractivity contribution is 7.12. The average Bonchev–Trinajstić information content (AvgIpc) is 3.41. The highest BCUT2D eigenvalue weighted by Crippen LogP contribution is 2.29. The van der Waals surface area contributed by atoms with Crippen LogP contribution < -0.4 is 9.64 Å². The van der Waals surface area contributed by atoms with Crippen molar-refractivity contribution in [1.82, 2.24) is 4.90 Å². The van der Waals surface area contributed by atoms with Gasteiger partial charge in [-0.15, -0.1) is 11.3 Å². The van der Waals surface area contributed by atoms with Crippen molar-refractivity contribution in [3.05, 3.63) is 82.0 Å². The smallest absolute Gasteiger partial charge is 0.264 e. The molecule has 31 heavy (non-hydrogen) atoms. The van der Waals surface area contributed by atoms with E-state index >= 15 is 0 Å². The Bertz CT molecular complexity index is 1090. The standard InChI is InChI=1S/C24H22N2O4S/c1-16-5-7-17(8-6-16)15-25(24(29)21-4-3-13-31-21)20-14-22(27)26(23(20)28)18-9-11-19(30-2)12-10-18/h3-13,20H,14-15H2,1-2H3. The first-order valence-corrected chi connectivity index (χ1v) is 10.8. The molecule has 2 aromatic carbocycles. The average molecular weight is 435 g/mol. The van der Waals surface area contributed by atoms with E-state index in [4.69, 9.17) is 4.74 Å². The second kappa shape index (κ2) is 8.73. The van der Waals surface area contributed by atoms with E-state index in [2.05, 4.69) is 0 Å². The van der Waals surface area contributed by atoms with E-state index in [1.165, 1.54) is 16.2 Å². The minimum Gasteiger partial charge on any atom is -0.497 e. The molecule has 1 unspecified atom stereocenters. The molecular formula is C24H22N2O4S. The second-order valence-corrected chi connectivity index (χ2v) is 8.33. The third-order valence-electron chi connectivity index (χ3n) is 5.30. The van der Waals surface area contributed by atoms with Crippen LogP contribution >= 0.6 is 11.3 Å². The Labute approximate surface area is 184 Å². The number of anilines is 1. The summed E-state index contributed by atoms with van der Waals surface area (Å²) in [5.74, 6) is -0.341. The lowest BCUT2D eigenvalue weighted by molar-refractivity contribution is -0.122. The van der Waals surface area contributed by atoms with Gasteiger partial charge in [-0.1, -0.05) is 35.9 Å². The summed E-state index contributed by atoms with van der Waals surface area (Å²) in [6, 6.07) is 17.2. The molecule has 0 spiro atoms. The molecule has 1 atom stereocenters. The molecule has 0 aliphatic carbocycles. The minimum atomic E-state index is -0.856. The van der Waals surface area contributed by atoms with Crippen molar-refractivity contribution in [2.24, 2.45) is 0 Å². The van der Waals surface area contributed by atoms with E-state index in [0.29, 0.717) is 16.3 Å². The molecule has 1 aromatic heterocycles. The molecule has 3 aromatic rings. The van der Waals surface area contributed by atoms with Crippen molar-refractivity contribution in [2.75, 3.05) is 12.0 Å². The summed E-state index contributed by atoms with van der Waals surface area (Å²) in [6.45, 7) is 2.24. The van der Waals surface area contributed by atoms with Gasteiger partial charge in [-0.25, -0.2) is 4.90 Å². The Kier molecular flexibility index (Phi) is 5.86. The Morgan fingerprint density at radius 3 is 2.42 bits per heavy atom. The molecule has 0 N–H and O–H groups in total. The van der Waals surface area contributed by atoms with Crippen LogP contribution in [-0.4, -0.2) is 35.8 Å². The molecular weight excluding hydrogens is 412 g/mol. The van der Waals surface area contributed by atoms with Crippen molar-refractivity contribution < 1.29 is 19.1 Å². The van der Waals surface area contributed by atoms with Crippen molar-refractivity contribution >= 4 is 34.7 Å². The van der Waals surface area contributed by atoms with Gasteiger partial charge in [0.2, 0.25) is 5.91 Å². The zero-order valence-corrected chi connectivity index (χ0v) is 18.1. The highest BCUT2D eigenvalue weighted by atomic mass is 32.1. The number of amides is 3. The lowest BCUT2D eigenvalue weighted by Gasteiger charge is -2.27. The second-order valence-electron chi connectivity index (χ2n) is 7.38. The SMILES string of the molecule is COc1ccc(N2C(=O)CC(N(Cc3ccc(C)cc3)C(=O)c3cccs3)C2=O)cc1. The van der Waals surface area contributed by atoms with Gasteiger partial charge in [0.05, 0.1) is 24.1 Å². The zero-order chi connectivity index (χ0) is 22.0. The normalized spacial score (nSPS) is 15.9. The van der Waals surface area contributed by atoms with Crippen LogP contribution in [0.15, 0.2) is 66.0 Å². The first kappa shape index (κ1) is 20.8. The third kappa shape index (κ3) is 4.22. The van der Waals surface area contributed by atoms with Gasteiger partial charge in [-0.3, -0.25) is 14.4 Å². The largest absolute Gasteiger partial charge is 0.497 e. The zero-order valence-electron chi connectivity index (χ0n) is 17.3. The number of nitrogens with zero attached hydrogens (tertiary/aromatic N) is 2. The van der Waals surface area contributed by atoms with Crippen molar-refractivity contribution in [3.8, 4) is 5.75 Å². The number of hydrogen-bond donors (Lipinski definition) is 0. The number of thiophene rings is 1. The van der Waals surface area contributed by atoms with E-state index < -0.39 is 11.9 Å². The number of benzene rings is 2. The Balaban J connectivity index is 1.65. The third-order valence-corrected chi connectivity index (χ3v) is 6.15. The summed E-state index contributed by atoms with van der Waals surface area (Å²) in [5.41, 5.74) is 2.48. The first-order valence-electron chi connectivity index (χ1n) is 9.89. The van der Waals surface area contributed by atoms with E-state index in [1.807, 2.05) is 36.6 Å². The first-order chi connectivity index (χ1) is 15.0. The molecule has 4 rings (SSSR count). The molecule has 6 nitrogen and oxygen atoms in total.